The van der Waals surface area contributed by atoms with Crippen LogP contribution < -0.4 is 0 Å². The van der Waals surface area contributed by atoms with Gasteiger partial charge in [-0.15, -0.1) is 16.4 Å². The summed E-state index contributed by atoms with van der Waals surface area (Å²) in [5, 5.41) is 14.1. The molecule has 0 aliphatic carbocycles. The van der Waals surface area contributed by atoms with Crippen molar-refractivity contribution in [3.8, 4) is 5.69 Å². The van der Waals surface area contributed by atoms with Crippen LogP contribution in [0.2, 0.25) is 0 Å². The van der Waals surface area contributed by atoms with Gasteiger partial charge in [-0.1, -0.05) is 0 Å². The van der Waals surface area contributed by atoms with Crippen LogP contribution in [0.3, 0.4) is 0 Å². The Morgan fingerprint density at radius 2 is 2.47 bits per heavy atom. The Morgan fingerprint density at radius 3 is 3.18 bits per heavy atom. The normalized spacial score (nSPS) is 15.4. The van der Waals surface area contributed by atoms with Crippen LogP contribution in [0.1, 0.15) is 16.1 Å². The van der Waals surface area contributed by atoms with Crippen LogP contribution in [0.15, 0.2) is 17.8 Å². The number of thiophene rings is 1. The predicted molar refractivity (Wildman–Crippen MR) is 58.6 cm³/mol. The maximum atomic E-state index is 12.2. The highest BCUT2D eigenvalue weighted by Crippen LogP contribution is 2.23. The summed E-state index contributed by atoms with van der Waals surface area (Å²) in [7, 11) is 0. The largest absolute Gasteiger partial charge is 0.289 e. The summed E-state index contributed by atoms with van der Waals surface area (Å²) in [5.41, 5.74) is 0.681. The number of aromatic nitrogens is 4. The lowest BCUT2D eigenvalue weighted by Gasteiger charge is -2.13. The van der Waals surface area contributed by atoms with Crippen LogP contribution in [0.5, 0.6) is 0 Å². The molecule has 3 rings (SSSR count). The van der Waals surface area contributed by atoms with Crippen LogP contribution in [0.25, 0.3) is 5.69 Å². The van der Waals surface area contributed by atoms with Crippen LogP contribution in [0.4, 0.5) is 0 Å². The van der Waals surface area contributed by atoms with Crippen molar-refractivity contribution in [1.29, 1.82) is 0 Å². The molecule has 1 saturated heterocycles. The molecule has 2 aromatic heterocycles. The van der Waals surface area contributed by atoms with Gasteiger partial charge in [0.05, 0.1) is 18.8 Å². The number of carbonyl (C=O) groups excluding carboxylic acids is 1. The molecule has 0 spiro atoms. The summed E-state index contributed by atoms with van der Waals surface area (Å²) in [6, 6.07) is 1.81. The Balaban J connectivity index is 1.93. The number of hydrogen-bond donors (Lipinski definition) is 0. The lowest BCUT2D eigenvalue weighted by Crippen LogP contribution is -2.26. The third-order valence-electron chi connectivity index (χ3n) is 2.41. The Bertz CT molecular complexity index is 517. The van der Waals surface area contributed by atoms with E-state index in [4.69, 9.17) is 4.84 Å². The lowest BCUT2D eigenvalue weighted by molar-refractivity contribution is -0.0765. The summed E-state index contributed by atoms with van der Waals surface area (Å²) in [4.78, 5) is 18.0. The van der Waals surface area contributed by atoms with Gasteiger partial charge in [-0.25, -0.2) is 5.06 Å². The number of hydroxylamine groups is 2. The molecule has 0 unspecified atom stereocenters. The molecule has 3 heterocycles. The first-order valence-electron chi connectivity index (χ1n) is 5.12. The van der Waals surface area contributed by atoms with Gasteiger partial charge < -0.3 is 0 Å². The maximum Gasteiger partial charge on any atom is 0.289 e. The van der Waals surface area contributed by atoms with Crippen molar-refractivity contribution < 1.29 is 9.63 Å². The van der Waals surface area contributed by atoms with E-state index in [0.29, 0.717) is 23.7 Å². The first-order valence-corrected chi connectivity index (χ1v) is 6.00. The fourth-order valence-corrected chi connectivity index (χ4v) is 2.45. The van der Waals surface area contributed by atoms with Crippen molar-refractivity contribution >= 4 is 17.2 Å². The van der Waals surface area contributed by atoms with Gasteiger partial charge in [-0.2, -0.15) is 4.68 Å². The molecule has 0 atom stereocenters. The Morgan fingerprint density at radius 1 is 1.53 bits per heavy atom. The van der Waals surface area contributed by atoms with Gasteiger partial charge in [0.2, 0.25) is 0 Å². The van der Waals surface area contributed by atoms with E-state index in [1.54, 1.807) is 0 Å². The molecular weight excluding hydrogens is 242 g/mol. The van der Waals surface area contributed by atoms with Crippen molar-refractivity contribution in [2.45, 2.75) is 6.42 Å². The molecule has 1 amide bonds. The first kappa shape index (κ1) is 10.4. The zero-order chi connectivity index (χ0) is 11.7. The van der Waals surface area contributed by atoms with E-state index in [9.17, 15) is 4.79 Å². The minimum atomic E-state index is -0.136. The average molecular weight is 251 g/mol. The fraction of sp³-hybridized carbons (Fsp3) is 0.333. The standard InChI is InChI=1S/C9H9N5O2S/c15-9(14-3-1-4-16-14)8-7(2-5-17-8)13-6-10-11-12-13/h2,5-6H,1,3-4H2. The number of amides is 1. The monoisotopic (exact) mass is 251 g/mol. The van der Waals surface area contributed by atoms with Gasteiger partial charge in [0, 0.05) is 0 Å². The number of hydrogen-bond acceptors (Lipinski definition) is 6. The third kappa shape index (κ3) is 1.81. The molecule has 0 aromatic carbocycles. The second-order valence-electron chi connectivity index (χ2n) is 3.48. The Labute approximate surface area is 101 Å². The predicted octanol–water partition coefficient (Wildman–Crippen LogP) is 0.501. The summed E-state index contributed by atoms with van der Waals surface area (Å²) >= 11 is 1.36. The zero-order valence-corrected chi connectivity index (χ0v) is 9.63. The van der Waals surface area contributed by atoms with Crippen LogP contribution >= 0.6 is 11.3 Å². The Kier molecular flexibility index (Phi) is 2.57. The van der Waals surface area contributed by atoms with Crippen molar-refractivity contribution in [1.82, 2.24) is 25.3 Å². The highest BCUT2D eigenvalue weighted by Gasteiger charge is 2.25. The molecule has 0 radical (unpaired) electrons. The lowest BCUT2D eigenvalue weighted by atomic mass is 10.3. The molecule has 1 aliphatic heterocycles. The molecule has 1 fully saturated rings. The summed E-state index contributed by atoms with van der Waals surface area (Å²) in [5.74, 6) is -0.136. The van der Waals surface area contributed by atoms with Gasteiger partial charge in [-0.3, -0.25) is 9.63 Å². The van der Waals surface area contributed by atoms with Crippen LogP contribution in [-0.2, 0) is 4.84 Å². The van der Waals surface area contributed by atoms with Gasteiger partial charge in [0.15, 0.2) is 0 Å². The third-order valence-corrected chi connectivity index (χ3v) is 3.31. The van der Waals surface area contributed by atoms with Crippen LogP contribution in [0, 0.1) is 0 Å². The smallest absolute Gasteiger partial charge is 0.271 e. The number of tetrazole rings is 1. The molecule has 2 aromatic rings. The number of rotatable bonds is 2. The summed E-state index contributed by atoms with van der Waals surface area (Å²) < 4.78 is 1.47. The van der Waals surface area contributed by atoms with Crippen molar-refractivity contribution in [3.63, 3.8) is 0 Å². The zero-order valence-electron chi connectivity index (χ0n) is 8.81. The number of carbonyl (C=O) groups is 1. The first-order chi connectivity index (χ1) is 8.36. The molecule has 17 heavy (non-hydrogen) atoms. The quantitative estimate of drug-likeness (QED) is 0.777. The molecule has 8 heteroatoms. The highest BCUT2D eigenvalue weighted by molar-refractivity contribution is 7.12. The molecule has 0 bridgehead atoms. The van der Waals surface area contributed by atoms with E-state index in [-0.39, 0.29) is 5.91 Å². The molecule has 88 valence electrons. The fourth-order valence-electron chi connectivity index (χ4n) is 1.64. The van der Waals surface area contributed by atoms with Gasteiger partial charge in [0.25, 0.3) is 5.91 Å². The average Bonchev–Trinajstić information content (AvgIpc) is 3.09. The Hall–Kier alpha value is -1.80. The van der Waals surface area contributed by atoms with E-state index >= 15 is 0 Å². The SMILES string of the molecule is O=C(c1sccc1-n1cnnn1)N1CCCO1. The molecule has 0 N–H and O–H groups in total. The van der Waals surface area contributed by atoms with E-state index < -0.39 is 0 Å². The van der Waals surface area contributed by atoms with Gasteiger partial charge in [-0.05, 0) is 28.3 Å². The molecule has 0 saturated carbocycles. The summed E-state index contributed by atoms with van der Waals surface area (Å²) in [6.45, 7) is 1.23. The van der Waals surface area contributed by atoms with Gasteiger partial charge in [0.1, 0.15) is 11.2 Å². The van der Waals surface area contributed by atoms with Crippen molar-refractivity contribution in [2.24, 2.45) is 0 Å². The van der Waals surface area contributed by atoms with E-state index in [2.05, 4.69) is 15.5 Å². The summed E-state index contributed by atoms with van der Waals surface area (Å²) in [6.07, 6.45) is 2.33. The topological polar surface area (TPSA) is 73.1 Å². The van der Waals surface area contributed by atoms with Gasteiger partial charge >= 0.3 is 0 Å². The second kappa shape index (κ2) is 4.22. The number of nitrogens with zero attached hydrogens (tertiary/aromatic N) is 5. The van der Waals surface area contributed by atoms with E-state index in [1.807, 2.05) is 11.4 Å². The highest BCUT2D eigenvalue weighted by atomic mass is 32.1. The maximum absolute atomic E-state index is 12.2. The van der Waals surface area contributed by atoms with Crippen molar-refractivity contribution in [2.75, 3.05) is 13.2 Å². The minimum absolute atomic E-state index is 0.136. The molecule has 7 nitrogen and oxygen atoms in total. The van der Waals surface area contributed by atoms with Crippen molar-refractivity contribution in [3.05, 3.63) is 22.7 Å². The van der Waals surface area contributed by atoms with E-state index in [1.165, 1.54) is 27.4 Å². The minimum Gasteiger partial charge on any atom is -0.271 e. The molecule has 1 aliphatic rings. The van der Waals surface area contributed by atoms with E-state index in [0.717, 1.165) is 6.42 Å². The molecular formula is C9H9N5O2S. The van der Waals surface area contributed by atoms with Crippen LogP contribution in [-0.4, -0.2) is 44.3 Å². The second-order valence-corrected chi connectivity index (χ2v) is 4.40.